The van der Waals surface area contributed by atoms with Crippen LogP contribution in [0, 0.1) is 0 Å². The standard InChI is InChI=1S/C54H90NO8P/c1-6-8-10-12-14-16-18-20-22-23-24-25-26-27-28-29-30-31-33-35-37-39-41-43-45-47-54(57)63-52(51-62-64(58,59)61-49-48-55(3,4)5)50-60-53(56)46-44-42-40-38-36-34-32-21-19-17-15-13-11-9-7-2/h8-11,14-17,20-22,24-25,27-28,32,36,38,52H,6-7,12-13,18-19,23,26,29-31,33-35,37,39-51H2,1-5H3/b10-8-,11-9-,16-14-,17-15-,22-20-,25-24-,28-27-,32-21-,38-36-. The molecule has 2 atom stereocenters. The second-order valence-corrected chi connectivity index (χ2v) is 18.5. The van der Waals surface area contributed by atoms with Crippen LogP contribution in [0.5, 0.6) is 0 Å². The molecule has 0 aromatic rings. The van der Waals surface area contributed by atoms with E-state index in [2.05, 4.69) is 123 Å². The van der Waals surface area contributed by atoms with Crippen molar-refractivity contribution >= 4 is 19.8 Å². The first kappa shape index (κ1) is 60.7. The van der Waals surface area contributed by atoms with Gasteiger partial charge in [0.15, 0.2) is 6.10 Å². The molecule has 10 heteroatoms. The highest BCUT2D eigenvalue weighted by Crippen LogP contribution is 2.38. The fourth-order valence-corrected chi connectivity index (χ4v) is 6.75. The second kappa shape index (κ2) is 44.9. The van der Waals surface area contributed by atoms with E-state index >= 15 is 0 Å². The van der Waals surface area contributed by atoms with Gasteiger partial charge < -0.3 is 27.9 Å². The Morgan fingerprint density at radius 1 is 0.484 bits per heavy atom. The third-order valence-corrected chi connectivity index (χ3v) is 10.8. The molecule has 0 aliphatic rings. The molecule has 0 aliphatic carbocycles. The number of ether oxygens (including phenoxy) is 2. The Bertz CT molecular complexity index is 1450. The van der Waals surface area contributed by atoms with Crippen LogP contribution >= 0.6 is 7.82 Å². The van der Waals surface area contributed by atoms with E-state index in [0.29, 0.717) is 23.9 Å². The highest BCUT2D eigenvalue weighted by Gasteiger charge is 2.21. The SMILES string of the molecule is CC/C=C\C/C=C\C/C=C\C/C=C\C/C=C\CCCCCCCCCCCC(=O)OC(COC(=O)CCCC/C=C\C/C=C\C/C=C\C/C=C\CC)COP(=O)([O-])OCC[N+](C)(C)C. The minimum atomic E-state index is -4.65. The van der Waals surface area contributed by atoms with Gasteiger partial charge in [0.2, 0.25) is 0 Å². The number of nitrogens with zero attached hydrogens (tertiary/aromatic N) is 1. The monoisotopic (exact) mass is 912 g/mol. The Morgan fingerprint density at radius 2 is 0.844 bits per heavy atom. The van der Waals surface area contributed by atoms with Crippen molar-refractivity contribution in [1.29, 1.82) is 0 Å². The van der Waals surface area contributed by atoms with Crippen molar-refractivity contribution in [1.82, 2.24) is 0 Å². The summed E-state index contributed by atoms with van der Waals surface area (Å²) in [5, 5.41) is 0. The van der Waals surface area contributed by atoms with Gasteiger partial charge in [0.25, 0.3) is 7.82 Å². The van der Waals surface area contributed by atoms with E-state index in [1.807, 2.05) is 21.1 Å². The van der Waals surface area contributed by atoms with E-state index in [4.69, 9.17) is 18.5 Å². The van der Waals surface area contributed by atoms with Crippen LogP contribution in [0.15, 0.2) is 109 Å². The first-order valence-electron chi connectivity index (χ1n) is 24.6. The summed E-state index contributed by atoms with van der Waals surface area (Å²) >= 11 is 0. The van der Waals surface area contributed by atoms with Gasteiger partial charge >= 0.3 is 11.9 Å². The molecule has 0 amide bonds. The summed E-state index contributed by atoms with van der Waals surface area (Å²) in [6.45, 7) is 3.92. The number of likely N-dealkylation sites (N-methyl/N-ethyl adjacent to an activating group) is 1. The molecule has 2 unspecified atom stereocenters. The summed E-state index contributed by atoms with van der Waals surface area (Å²) in [5.41, 5.74) is 0. The average molecular weight is 912 g/mol. The molecule has 64 heavy (non-hydrogen) atoms. The van der Waals surface area contributed by atoms with Crippen LogP contribution in [0.3, 0.4) is 0 Å². The van der Waals surface area contributed by atoms with Gasteiger partial charge in [0.05, 0.1) is 27.7 Å². The molecule has 0 saturated carbocycles. The maximum absolute atomic E-state index is 12.7. The predicted octanol–water partition coefficient (Wildman–Crippen LogP) is 14.1. The Morgan fingerprint density at radius 3 is 1.28 bits per heavy atom. The Balaban J connectivity index is 4.33. The van der Waals surface area contributed by atoms with Crippen molar-refractivity contribution in [2.75, 3.05) is 47.5 Å². The van der Waals surface area contributed by atoms with E-state index < -0.39 is 32.5 Å². The zero-order chi connectivity index (χ0) is 47.1. The minimum absolute atomic E-state index is 0.0452. The van der Waals surface area contributed by atoms with Crippen LogP contribution < -0.4 is 4.89 Å². The number of phosphoric acid groups is 1. The van der Waals surface area contributed by atoms with Crippen molar-refractivity contribution in [3.05, 3.63) is 109 Å². The van der Waals surface area contributed by atoms with Gasteiger partial charge in [-0.25, -0.2) is 0 Å². The first-order chi connectivity index (χ1) is 31.0. The van der Waals surface area contributed by atoms with E-state index in [1.165, 1.54) is 32.1 Å². The molecule has 9 nitrogen and oxygen atoms in total. The van der Waals surface area contributed by atoms with Crippen LogP contribution in [0.4, 0.5) is 0 Å². The summed E-state index contributed by atoms with van der Waals surface area (Å²) in [7, 11) is 1.12. The van der Waals surface area contributed by atoms with Crippen molar-refractivity contribution < 1.29 is 42.1 Å². The van der Waals surface area contributed by atoms with Gasteiger partial charge in [-0.05, 0) is 96.3 Å². The maximum Gasteiger partial charge on any atom is 0.306 e. The Hall–Kier alpha value is -3.33. The Kier molecular flexibility index (Phi) is 42.5. The van der Waals surface area contributed by atoms with Crippen LogP contribution in [-0.4, -0.2) is 70.0 Å². The molecular weight excluding hydrogens is 822 g/mol. The normalized spacial score (nSPS) is 14.4. The van der Waals surface area contributed by atoms with Gasteiger partial charge in [0.1, 0.15) is 19.8 Å². The summed E-state index contributed by atoms with van der Waals surface area (Å²) in [4.78, 5) is 37.7. The van der Waals surface area contributed by atoms with Crippen LogP contribution in [0.1, 0.15) is 168 Å². The quantitative estimate of drug-likeness (QED) is 0.0195. The predicted molar refractivity (Wildman–Crippen MR) is 268 cm³/mol. The lowest BCUT2D eigenvalue weighted by Crippen LogP contribution is -2.37. The smallest absolute Gasteiger partial charge is 0.306 e. The Labute approximate surface area is 391 Å². The van der Waals surface area contributed by atoms with Crippen LogP contribution in [0.2, 0.25) is 0 Å². The van der Waals surface area contributed by atoms with E-state index in [1.54, 1.807) is 0 Å². The minimum Gasteiger partial charge on any atom is -0.756 e. The lowest BCUT2D eigenvalue weighted by molar-refractivity contribution is -0.870. The molecule has 0 rings (SSSR count). The molecule has 0 fully saturated rings. The number of carbonyl (C=O) groups is 2. The van der Waals surface area contributed by atoms with E-state index in [0.717, 1.165) is 96.3 Å². The van der Waals surface area contributed by atoms with Gasteiger partial charge in [-0.15, -0.1) is 0 Å². The van der Waals surface area contributed by atoms with Crippen molar-refractivity contribution in [2.45, 2.75) is 174 Å². The van der Waals surface area contributed by atoms with Gasteiger partial charge in [-0.1, -0.05) is 168 Å². The van der Waals surface area contributed by atoms with E-state index in [-0.39, 0.29) is 26.1 Å². The fraction of sp³-hybridized carbons (Fsp3) is 0.630. The van der Waals surface area contributed by atoms with E-state index in [9.17, 15) is 19.0 Å². The number of phosphoric ester groups is 1. The first-order valence-corrected chi connectivity index (χ1v) is 26.1. The number of hydrogen-bond donors (Lipinski definition) is 0. The third-order valence-electron chi connectivity index (χ3n) is 9.79. The number of rotatable bonds is 43. The van der Waals surface area contributed by atoms with Gasteiger partial charge in [-0.3, -0.25) is 14.2 Å². The lowest BCUT2D eigenvalue weighted by atomic mass is 10.1. The summed E-state index contributed by atoms with van der Waals surface area (Å²) in [5.74, 6) is -0.900. The van der Waals surface area contributed by atoms with Gasteiger partial charge in [0, 0.05) is 12.8 Å². The third kappa shape index (κ3) is 48.1. The molecule has 0 saturated heterocycles. The highest BCUT2D eigenvalue weighted by molar-refractivity contribution is 7.45. The number of quaternary nitrogens is 1. The number of unbranched alkanes of at least 4 members (excludes halogenated alkanes) is 11. The van der Waals surface area contributed by atoms with Crippen molar-refractivity contribution in [2.24, 2.45) is 0 Å². The zero-order valence-electron chi connectivity index (χ0n) is 40.9. The number of esters is 2. The molecule has 0 spiro atoms. The molecule has 0 aromatic carbocycles. The summed E-state index contributed by atoms with van der Waals surface area (Å²) < 4.78 is 33.9. The number of hydrogen-bond acceptors (Lipinski definition) is 8. The van der Waals surface area contributed by atoms with Crippen molar-refractivity contribution in [3.8, 4) is 0 Å². The molecule has 364 valence electrons. The molecule has 0 radical (unpaired) electrons. The molecule has 0 bridgehead atoms. The maximum atomic E-state index is 12.7. The zero-order valence-corrected chi connectivity index (χ0v) is 41.8. The molecule has 0 heterocycles. The second-order valence-electron chi connectivity index (χ2n) is 17.1. The number of carbonyl (C=O) groups excluding carboxylic acids is 2. The topological polar surface area (TPSA) is 111 Å². The molecule has 0 aliphatic heterocycles. The number of allylic oxidation sites excluding steroid dienone is 18. The fourth-order valence-electron chi connectivity index (χ4n) is 6.02. The van der Waals surface area contributed by atoms with Crippen LogP contribution in [0.25, 0.3) is 0 Å². The molecule has 0 aromatic heterocycles. The largest absolute Gasteiger partial charge is 0.756 e. The average Bonchev–Trinajstić information content (AvgIpc) is 3.25. The summed E-state index contributed by atoms with van der Waals surface area (Å²) in [6, 6.07) is 0. The van der Waals surface area contributed by atoms with Gasteiger partial charge in [-0.2, -0.15) is 0 Å². The summed E-state index contributed by atoms with van der Waals surface area (Å²) in [6.07, 6.45) is 61.2. The molecular formula is C54H90NO8P. The highest BCUT2D eigenvalue weighted by atomic mass is 31.2. The van der Waals surface area contributed by atoms with Crippen LogP contribution in [-0.2, 0) is 32.7 Å². The lowest BCUT2D eigenvalue weighted by Gasteiger charge is -2.28. The van der Waals surface area contributed by atoms with Crippen molar-refractivity contribution in [3.63, 3.8) is 0 Å². The molecule has 0 N–H and O–H groups in total.